The molecule has 0 bridgehead atoms. The van der Waals surface area contributed by atoms with E-state index >= 15 is 0 Å². The minimum Gasteiger partial charge on any atom is -0.354 e. The summed E-state index contributed by atoms with van der Waals surface area (Å²) in [6, 6.07) is 2.38. The van der Waals surface area contributed by atoms with Crippen LogP contribution in [0.25, 0.3) is 0 Å². The van der Waals surface area contributed by atoms with Crippen molar-refractivity contribution >= 4 is 42.1 Å². The Bertz CT molecular complexity index is 427. The lowest BCUT2D eigenvalue weighted by Crippen LogP contribution is -2.47. The lowest BCUT2D eigenvalue weighted by atomic mass is 9.81. The van der Waals surface area contributed by atoms with Crippen molar-refractivity contribution in [3.8, 4) is 0 Å². The normalized spacial score (nSPS) is 12.2. The fourth-order valence-electron chi connectivity index (χ4n) is 2.92. The van der Waals surface area contributed by atoms with E-state index in [9.17, 15) is 4.79 Å². The Kier molecular flexibility index (Phi) is 14.0. The van der Waals surface area contributed by atoms with Crippen LogP contribution < -0.4 is 11.1 Å². The van der Waals surface area contributed by atoms with Gasteiger partial charge < -0.3 is 11.1 Å². The molecule has 0 spiro atoms. The quantitative estimate of drug-likeness (QED) is 0.629. The molecule has 1 atom stereocenters. The first-order valence-corrected chi connectivity index (χ1v) is 9.27. The maximum absolute atomic E-state index is 12.6. The number of carbonyl (C=O) groups is 1. The molecule has 1 aromatic rings. The number of halogens is 2. The molecule has 142 valence electrons. The third-order valence-corrected chi connectivity index (χ3v) is 5.56. The van der Waals surface area contributed by atoms with E-state index in [1.165, 1.54) is 5.56 Å². The zero-order valence-corrected chi connectivity index (χ0v) is 17.7. The van der Waals surface area contributed by atoms with Crippen LogP contribution >= 0.6 is 36.2 Å². The molecule has 0 aliphatic heterocycles. The molecule has 0 aromatic carbocycles. The van der Waals surface area contributed by atoms with Crippen molar-refractivity contribution in [3.05, 3.63) is 22.4 Å². The number of carbonyl (C=O) groups excluding carboxylic acids is 1. The largest absolute Gasteiger partial charge is 0.354 e. The molecule has 4 nitrogen and oxygen atoms in total. The minimum atomic E-state index is -0.428. The molecule has 24 heavy (non-hydrogen) atoms. The average molecular weight is 398 g/mol. The van der Waals surface area contributed by atoms with Crippen LogP contribution in [0.1, 0.15) is 52.1 Å². The van der Waals surface area contributed by atoms with E-state index in [4.69, 9.17) is 5.73 Å². The lowest BCUT2D eigenvalue weighted by molar-refractivity contribution is -0.131. The Balaban J connectivity index is 0. The van der Waals surface area contributed by atoms with Crippen molar-refractivity contribution in [1.29, 1.82) is 0 Å². The minimum absolute atomic E-state index is 0. The molecule has 1 heterocycles. The number of amides is 1. The van der Waals surface area contributed by atoms with Gasteiger partial charge in [0.15, 0.2) is 0 Å². The van der Waals surface area contributed by atoms with Gasteiger partial charge in [0.1, 0.15) is 0 Å². The first-order chi connectivity index (χ1) is 10.6. The fraction of sp³-hybridized carbons (Fsp3) is 0.706. The maximum atomic E-state index is 12.6. The third-order valence-electron chi connectivity index (χ3n) is 4.86. The maximum Gasteiger partial charge on any atom is 0.227 e. The molecule has 0 radical (unpaired) electrons. The summed E-state index contributed by atoms with van der Waals surface area (Å²) in [7, 11) is 0. The topological polar surface area (TPSA) is 58.4 Å². The van der Waals surface area contributed by atoms with Gasteiger partial charge in [-0.3, -0.25) is 9.69 Å². The monoisotopic (exact) mass is 397 g/mol. The number of nitrogens with two attached hydrogens (primary N) is 1. The Labute approximate surface area is 163 Å². The van der Waals surface area contributed by atoms with Crippen molar-refractivity contribution in [1.82, 2.24) is 10.2 Å². The predicted octanol–water partition coefficient (Wildman–Crippen LogP) is 3.86. The van der Waals surface area contributed by atoms with Gasteiger partial charge in [0, 0.05) is 13.1 Å². The van der Waals surface area contributed by atoms with Gasteiger partial charge in [-0.25, -0.2) is 0 Å². The predicted molar refractivity (Wildman–Crippen MR) is 110 cm³/mol. The molecule has 0 aliphatic rings. The highest BCUT2D eigenvalue weighted by molar-refractivity contribution is 7.07. The molecule has 1 aromatic heterocycles. The van der Waals surface area contributed by atoms with Gasteiger partial charge in [-0.1, -0.05) is 27.7 Å². The summed E-state index contributed by atoms with van der Waals surface area (Å²) in [5.74, 6) is 0.0902. The molecule has 0 saturated carbocycles. The number of rotatable bonds is 10. The molecular weight excluding hydrogens is 365 g/mol. The first kappa shape index (κ1) is 25.9. The summed E-state index contributed by atoms with van der Waals surface area (Å²) >= 11 is 1.70. The zero-order valence-electron chi connectivity index (χ0n) is 15.2. The summed E-state index contributed by atoms with van der Waals surface area (Å²) in [5.41, 5.74) is 6.72. The summed E-state index contributed by atoms with van der Waals surface area (Å²) in [6.45, 7) is 11.4. The molecule has 1 unspecified atom stereocenters. The molecule has 3 N–H and O–H groups in total. The first-order valence-electron chi connectivity index (χ1n) is 8.32. The summed E-state index contributed by atoms with van der Waals surface area (Å²) in [6.07, 6.45) is 1.56. The van der Waals surface area contributed by atoms with E-state index in [0.717, 1.165) is 25.9 Å². The number of thiophene rings is 1. The van der Waals surface area contributed by atoms with Crippen LogP contribution in [0.4, 0.5) is 0 Å². The van der Waals surface area contributed by atoms with E-state index < -0.39 is 5.41 Å². The van der Waals surface area contributed by atoms with Crippen LogP contribution in [-0.2, 0) is 4.79 Å². The Hall–Kier alpha value is -0.330. The van der Waals surface area contributed by atoms with Crippen LogP contribution in [0, 0.1) is 5.41 Å². The molecule has 1 amide bonds. The second-order valence-electron chi connectivity index (χ2n) is 5.70. The van der Waals surface area contributed by atoms with Crippen molar-refractivity contribution < 1.29 is 4.79 Å². The highest BCUT2D eigenvalue weighted by Crippen LogP contribution is 2.26. The van der Waals surface area contributed by atoms with Crippen LogP contribution in [-0.4, -0.2) is 37.0 Å². The summed E-state index contributed by atoms with van der Waals surface area (Å²) in [5, 5.41) is 7.42. The zero-order chi connectivity index (χ0) is 16.6. The number of nitrogens with zero attached hydrogens (tertiary/aromatic N) is 1. The van der Waals surface area contributed by atoms with Crippen LogP contribution in [0.15, 0.2) is 16.8 Å². The van der Waals surface area contributed by atoms with Gasteiger partial charge in [0.05, 0.1) is 11.5 Å². The van der Waals surface area contributed by atoms with E-state index in [1.54, 1.807) is 11.3 Å². The highest BCUT2D eigenvalue weighted by Gasteiger charge is 2.33. The van der Waals surface area contributed by atoms with Gasteiger partial charge in [-0.2, -0.15) is 11.3 Å². The summed E-state index contributed by atoms with van der Waals surface area (Å²) in [4.78, 5) is 15.0. The van der Waals surface area contributed by atoms with E-state index in [2.05, 4.69) is 40.9 Å². The van der Waals surface area contributed by atoms with E-state index in [1.807, 2.05) is 13.8 Å². The van der Waals surface area contributed by atoms with Crippen LogP contribution in [0.3, 0.4) is 0 Å². The number of nitrogens with one attached hydrogen (secondary N) is 1. The van der Waals surface area contributed by atoms with E-state index in [-0.39, 0.29) is 36.8 Å². The van der Waals surface area contributed by atoms with Crippen molar-refractivity contribution in [3.63, 3.8) is 0 Å². The Morgan fingerprint density at radius 2 is 1.83 bits per heavy atom. The van der Waals surface area contributed by atoms with Gasteiger partial charge in [0.25, 0.3) is 0 Å². The summed E-state index contributed by atoms with van der Waals surface area (Å²) < 4.78 is 0. The number of hydrogen-bond acceptors (Lipinski definition) is 4. The van der Waals surface area contributed by atoms with Crippen molar-refractivity contribution in [2.24, 2.45) is 11.1 Å². The molecule has 7 heteroatoms. The third kappa shape index (κ3) is 6.19. The van der Waals surface area contributed by atoms with Crippen LogP contribution in [0.5, 0.6) is 0 Å². The number of likely N-dealkylation sites (N-methyl/N-ethyl adjacent to an activating group) is 1. The molecule has 1 rings (SSSR count). The molecule has 0 fully saturated rings. The average Bonchev–Trinajstić information content (AvgIpc) is 3.07. The lowest BCUT2D eigenvalue weighted by Gasteiger charge is -2.33. The van der Waals surface area contributed by atoms with Gasteiger partial charge in [-0.15, -0.1) is 24.8 Å². The highest BCUT2D eigenvalue weighted by atomic mass is 35.5. The fourth-order valence-corrected chi connectivity index (χ4v) is 3.62. The second kappa shape index (κ2) is 13.0. The van der Waals surface area contributed by atoms with Crippen molar-refractivity contribution in [2.75, 3.05) is 26.2 Å². The Morgan fingerprint density at radius 1 is 1.25 bits per heavy atom. The van der Waals surface area contributed by atoms with E-state index in [0.29, 0.717) is 13.1 Å². The van der Waals surface area contributed by atoms with Gasteiger partial charge in [0.2, 0.25) is 5.91 Å². The standard InChI is InChI=1S/C17H31N3OS.2ClH/c1-5-17(6-2,13-18)16(21)19-11-15(20(7-3)8-4)14-9-10-22-12-14;;/h9-10,12,15H,5-8,11,13,18H2,1-4H3,(H,19,21);2*1H. The smallest absolute Gasteiger partial charge is 0.227 e. The van der Waals surface area contributed by atoms with Crippen LogP contribution in [0.2, 0.25) is 0 Å². The Morgan fingerprint density at radius 3 is 2.21 bits per heavy atom. The van der Waals surface area contributed by atoms with Gasteiger partial charge in [-0.05, 0) is 48.3 Å². The molecular formula is C17H33Cl2N3OS. The second-order valence-corrected chi connectivity index (χ2v) is 6.48. The molecule has 0 aliphatic carbocycles. The van der Waals surface area contributed by atoms with Gasteiger partial charge >= 0.3 is 0 Å². The van der Waals surface area contributed by atoms with Crippen molar-refractivity contribution in [2.45, 2.75) is 46.6 Å². The number of hydrogen-bond donors (Lipinski definition) is 2. The molecule has 0 saturated heterocycles. The SMILES string of the molecule is CCN(CC)C(CNC(=O)C(CC)(CC)CN)c1ccsc1.Cl.Cl.